The predicted molar refractivity (Wildman–Crippen MR) is 74.9 cm³/mol. The van der Waals surface area contributed by atoms with Crippen LogP contribution in [0.5, 0.6) is 0 Å². The highest BCUT2D eigenvalue weighted by atomic mass is 16.6. The molecule has 1 aliphatic rings. The monoisotopic (exact) mass is 295 g/mol. The van der Waals surface area contributed by atoms with Gasteiger partial charge in [-0.15, -0.1) is 0 Å². The van der Waals surface area contributed by atoms with Crippen LogP contribution >= 0.6 is 0 Å². The first-order chi connectivity index (χ1) is 10.0. The van der Waals surface area contributed by atoms with Gasteiger partial charge in [-0.25, -0.2) is 4.79 Å². The van der Waals surface area contributed by atoms with Crippen molar-refractivity contribution >= 4 is 17.3 Å². The Bertz CT molecular complexity index is 555. The highest BCUT2D eigenvalue weighted by molar-refractivity contribution is 5.91. The number of nitro benzene ring substituents is 1. The average molecular weight is 295 g/mol. The Morgan fingerprint density at radius 2 is 2.14 bits per heavy atom. The number of morpholine rings is 1. The number of nitro groups is 1. The van der Waals surface area contributed by atoms with Crippen molar-refractivity contribution in [2.45, 2.75) is 6.54 Å². The minimum absolute atomic E-state index is 0.0825. The second kappa shape index (κ2) is 6.51. The lowest BCUT2D eigenvalue weighted by Crippen LogP contribution is -2.35. The van der Waals surface area contributed by atoms with Crippen LogP contribution in [0.3, 0.4) is 0 Å². The molecule has 8 nitrogen and oxygen atoms in total. The van der Waals surface area contributed by atoms with Crippen LogP contribution in [0.15, 0.2) is 12.1 Å². The third-order valence-electron chi connectivity index (χ3n) is 3.36. The Balaban J connectivity index is 2.35. The lowest BCUT2D eigenvalue weighted by Gasteiger charge is -2.27. The SMILES string of the molecule is COC(=O)c1cc(CN2CCOCC2)c(N)c([N+](=O)[O-])c1. The van der Waals surface area contributed by atoms with Gasteiger partial charge in [-0.2, -0.15) is 0 Å². The topological polar surface area (TPSA) is 108 Å². The molecule has 114 valence electrons. The van der Waals surface area contributed by atoms with Gasteiger partial charge in [-0.1, -0.05) is 0 Å². The largest absolute Gasteiger partial charge is 0.465 e. The highest BCUT2D eigenvalue weighted by Gasteiger charge is 2.22. The first-order valence-corrected chi connectivity index (χ1v) is 6.48. The summed E-state index contributed by atoms with van der Waals surface area (Å²) in [6, 6.07) is 2.69. The van der Waals surface area contributed by atoms with Crippen LogP contribution in [-0.4, -0.2) is 49.2 Å². The fourth-order valence-electron chi connectivity index (χ4n) is 2.21. The Morgan fingerprint density at radius 3 is 2.71 bits per heavy atom. The number of methoxy groups -OCH3 is 1. The van der Waals surface area contributed by atoms with Crippen LogP contribution in [0.2, 0.25) is 0 Å². The quantitative estimate of drug-likeness (QED) is 0.378. The summed E-state index contributed by atoms with van der Waals surface area (Å²) in [5.74, 6) is -0.624. The molecule has 0 aliphatic carbocycles. The minimum Gasteiger partial charge on any atom is -0.465 e. The normalized spacial score (nSPS) is 15.7. The van der Waals surface area contributed by atoms with Crippen molar-refractivity contribution in [1.29, 1.82) is 0 Å². The summed E-state index contributed by atoms with van der Waals surface area (Å²) in [7, 11) is 1.23. The molecule has 0 spiro atoms. The number of rotatable bonds is 4. The van der Waals surface area contributed by atoms with Crippen molar-refractivity contribution < 1.29 is 19.2 Å². The molecule has 0 atom stereocenters. The van der Waals surface area contributed by atoms with Crippen molar-refractivity contribution in [1.82, 2.24) is 4.90 Å². The summed E-state index contributed by atoms with van der Waals surface area (Å²) < 4.78 is 9.87. The number of anilines is 1. The molecular formula is C13H17N3O5. The summed E-state index contributed by atoms with van der Waals surface area (Å²) in [6.07, 6.45) is 0. The molecule has 0 aromatic heterocycles. The summed E-state index contributed by atoms with van der Waals surface area (Å²) in [4.78, 5) is 24.2. The van der Waals surface area contributed by atoms with Gasteiger partial charge in [0.2, 0.25) is 0 Å². The van der Waals surface area contributed by atoms with E-state index in [1.807, 2.05) is 0 Å². The maximum Gasteiger partial charge on any atom is 0.338 e. The third-order valence-corrected chi connectivity index (χ3v) is 3.36. The Kier molecular flexibility index (Phi) is 4.71. The fourth-order valence-corrected chi connectivity index (χ4v) is 2.21. The van der Waals surface area contributed by atoms with Gasteiger partial charge in [0.05, 0.1) is 30.8 Å². The van der Waals surface area contributed by atoms with Gasteiger partial charge in [0.25, 0.3) is 5.69 Å². The zero-order valence-electron chi connectivity index (χ0n) is 11.7. The van der Waals surface area contributed by atoms with Gasteiger partial charge in [0, 0.05) is 25.7 Å². The van der Waals surface area contributed by atoms with Crippen molar-refractivity contribution in [2.24, 2.45) is 0 Å². The maximum atomic E-state index is 11.6. The molecule has 2 rings (SSSR count). The molecule has 0 amide bonds. The van der Waals surface area contributed by atoms with Crippen LogP contribution in [0.25, 0.3) is 0 Å². The molecule has 21 heavy (non-hydrogen) atoms. The van der Waals surface area contributed by atoms with E-state index < -0.39 is 10.9 Å². The van der Waals surface area contributed by atoms with Crippen LogP contribution in [0.4, 0.5) is 11.4 Å². The van der Waals surface area contributed by atoms with Gasteiger partial charge < -0.3 is 15.2 Å². The minimum atomic E-state index is -0.624. The second-order valence-electron chi connectivity index (χ2n) is 4.71. The van der Waals surface area contributed by atoms with E-state index in [4.69, 9.17) is 10.5 Å². The zero-order chi connectivity index (χ0) is 15.4. The Hall–Kier alpha value is -2.19. The molecule has 1 fully saturated rings. The number of carbonyl (C=O) groups is 1. The molecule has 0 radical (unpaired) electrons. The number of ether oxygens (including phenoxy) is 2. The Morgan fingerprint density at radius 1 is 1.48 bits per heavy atom. The number of esters is 1. The first-order valence-electron chi connectivity index (χ1n) is 6.48. The smallest absolute Gasteiger partial charge is 0.338 e. The van der Waals surface area contributed by atoms with Gasteiger partial charge in [0.1, 0.15) is 5.69 Å². The molecule has 1 aromatic carbocycles. The van der Waals surface area contributed by atoms with Crippen LogP contribution in [0, 0.1) is 10.1 Å². The number of nitrogen functional groups attached to an aromatic ring is 1. The summed E-state index contributed by atoms with van der Waals surface area (Å²) in [5.41, 5.74) is 6.34. The van der Waals surface area contributed by atoms with E-state index in [1.54, 1.807) is 6.07 Å². The molecule has 1 heterocycles. The van der Waals surface area contributed by atoms with Crippen LogP contribution in [0.1, 0.15) is 15.9 Å². The number of nitrogens with two attached hydrogens (primary N) is 1. The number of carbonyl (C=O) groups excluding carboxylic acids is 1. The van der Waals surface area contributed by atoms with E-state index in [0.717, 1.165) is 19.2 Å². The third kappa shape index (κ3) is 3.47. The molecule has 8 heteroatoms. The van der Waals surface area contributed by atoms with E-state index in [9.17, 15) is 14.9 Å². The maximum absolute atomic E-state index is 11.6. The van der Waals surface area contributed by atoms with Gasteiger partial charge in [-0.05, 0) is 11.6 Å². The molecule has 0 unspecified atom stereocenters. The zero-order valence-corrected chi connectivity index (χ0v) is 11.7. The van der Waals surface area contributed by atoms with Crippen molar-refractivity contribution in [3.8, 4) is 0 Å². The van der Waals surface area contributed by atoms with Crippen molar-refractivity contribution in [2.75, 3.05) is 39.1 Å². The summed E-state index contributed by atoms with van der Waals surface area (Å²) in [6.45, 7) is 3.09. The van der Waals surface area contributed by atoms with E-state index in [1.165, 1.54) is 7.11 Å². The summed E-state index contributed by atoms with van der Waals surface area (Å²) in [5, 5.41) is 11.1. The van der Waals surface area contributed by atoms with E-state index >= 15 is 0 Å². The Labute approximate surface area is 121 Å². The number of benzene rings is 1. The second-order valence-corrected chi connectivity index (χ2v) is 4.71. The molecule has 0 saturated carbocycles. The molecule has 1 aliphatic heterocycles. The highest BCUT2D eigenvalue weighted by Crippen LogP contribution is 2.28. The van der Waals surface area contributed by atoms with E-state index in [0.29, 0.717) is 25.3 Å². The van der Waals surface area contributed by atoms with Gasteiger partial charge in [-0.3, -0.25) is 15.0 Å². The first kappa shape index (κ1) is 15.2. The number of hydrogen-bond acceptors (Lipinski definition) is 7. The summed E-state index contributed by atoms with van der Waals surface area (Å²) >= 11 is 0. The number of hydrogen-bond donors (Lipinski definition) is 1. The molecule has 0 bridgehead atoms. The van der Waals surface area contributed by atoms with Crippen molar-refractivity contribution in [3.63, 3.8) is 0 Å². The lowest BCUT2D eigenvalue weighted by molar-refractivity contribution is -0.384. The predicted octanol–water partition coefficient (Wildman–Crippen LogP) is 0.796. The standard InChI is InChI=1S/C13H17N3O5/c1-20-13(17)9-6-10(8-15-2-4-21-5-3-15)12(14)11(7-9)16(18)19/h6-7H,2-5,8,14H2,1H3. The van der Waals surface area contributed by atoms with Crippen LogP contribution < -0.4 is 5.73 Å². The fraction of sp³-hybridized carbons (Fsp3) is 0.462. The van der Waals surface area contributed by atoms with Gasteiger partial charge >= 0.3 is 5.97 Å². The lowest BCUT2D eigenvalue weighted by atomic mass is 10.1. The van der Waals surface area contributed by atoms with Crippen molar-refractivity contribution in [3.05, 3.63) is 33.4 Å². The molecule has 2 N–H and O–H groups in total. The van der Waals surface area contributed by atoms with E-state index in [-0.39, 0.29) is 16.9 Å². The van der Waals surface area contributed by atoms with Gasteiger partial charge in [0.15, 0.2) is 0 Å². The molecular weight excluding hydrogens is 278 g/mol. The molecule has 1 saturated heterocycles. The molecule has 1 aromatic rings. The number of nitrogens with zero attached hydrogens (tertiary/aromatic N) is 2. The van der Waals surface area contributed by atoms with E-state index in [2.05, 4.69) is 9.64 Å². The van der Waals surface area contributed by atoms with Crippen LogP contribution in [-0.2, 0) is 16.0 Å². The average Bonchev–Trinajstić information content (AvgIpc) is 2.49.